The Hall–Kier alpha value is -2.40. The molecule has 150 valence electrons. The molecule has 3 atom stereocenters. The van der Waals surface area contributed by atoms with Gasteiger partial charge in [0.05, 0.1) is 12.2 Å². The molecule has 0 aromatic heterocycles. The van der Waals surface area contributed by atoms with Gasteiger partial charge in [-0.25, -0.2) is 9.59 Å². The van der Waals surface area contributed by atoms with Crippen molar-refractivity contribution in [3.05, 3.63) is 60.3 Å². The fraction of sp³-hybridized carbons (Fsp3) is 0.478. The Morgan fingerprint density at radius 2 is 1.82 bits per heavy atom. The zero-order valence-electron chi connectivity index (χ0n) is 16.1. The molecule has 1 saturated heterocycles. The Labute approximate surface area is 166 Å². The standard InChI is InChI=1S/C23H28O5/c24-21(25)12-8-3-1-2-4-9-13-22(26)28-19-14-15-23(17-27-23)20(16-19)18-10-6-5-7-11-18/h1-4,8-10,12-13,19-20H,5-7,11,14-17H2,(H,24,25)/t19-,20+,23+/m1/s1. The molecule has 3 rings (SSSR count). The highest BCUT2D eigenvalue weighted by Gasteiger charge is 2.55. The summed E-state index contributed by atoms with van der Waals surface area (Å²) in [5.74, 6) is -0.916. The molecule has 0 radical (unpaired) electrons. The minimum atomic E-state index is -0.986. The summed E-state index contributed by atoms with van der Waals surface area (Å²) >= 11 is 0. The van der Waals surface area contributed by atoms with E-state index in [9.17, 15) is 9.59 Å². The molecule has 0 aromatic rings. The van der Waals surface area contributed by atoms with E-state index < -0.39 is 5.97 Å². The second-order valence-electron chi connectivity index (χ2n) is 7.59. The molecule has 5 nitrogen and oxygen atoms in total. The van der Waals surface area contributed by atoms with E-state index in [0.717, 1.165) is 44.8 Å². The molecule has 2 aliphatic carbocycles. The van der Waals surface area contributed by atoms with Crippen molar-refractivity contribution in [1.82, 2.24) is 0 Å². The lowest BCUT2D eigenvalue weighted by molar-refractivity contribution is -0.146. The second-order valence-corrected chi connectivity index (χ2v) is 7.59. The van der Waals surface area contributed by atoms with Gasteiger partial charge in [0.2, 0.25) is 0 Å². The smallest absolute Gasteiger partial charge is 0.331 e. The average Bonchev–Trinajstić information content (AvgIpc) is 3.46. The highest BCUT2D eigenvalue weighted by molar-refractivity contribution is 5.82. The van der Waals surface area contributed by atoms with Crippen LogP contribution in [0.25, 0.3) is 0 Å². The van der Waals surface area contributed by atoms with Crippen molar-refractivity contribution in [2.24, 2.45) is 5.92 Å². The van der Waals surface area contributed by atoms with Crippen LogP contribution < -0.4 is 0 Å². The summed E-state index contributed by atoms with van der Waals surface area (Å²) in [5, 5.41) is 8.46. The maximum atomic E-state index is 12.1. The number of allylic oxidation sites excluding steroid dienone is 7. The lowest BCUT2D eigenvalue weighted by atomic mass is 9.71. The third-order valence-electron chi connectivity index (χ3n) is 5.62. The largest absolute Gasteiger partial charge is 0.478 e. The van der Waals surface area contributed by atoms with Gasteiger partial charge in [0.25, 0.3) is 0 Å². The van der Waals surface area contributed by atoms with Crippen molar-refractivity contribution in [3.8, 4) is 0 Å². The van der Waals surface area contributed by atoms with E-state index in [2.05, 4.69) is 6.08 Å². The first kappa shape index (κ1) is 20.3. The predicted molar refractivity (Wildman–Crippen MR) is 107 cm³/mol. The van der Waals surface area contributed by atoms with E-state index in [0.29, 0.717) is 5.92 Å². The van der Waals surface area contributed by atoms with Gasteiger partial charge < -0.3 is 14.6 Å². The van der Waals surface area contributed by atoms with Gasteiger partial charge in [0, 0.05) is 18.1 Å². The van der Waals surface area contributed by atoms with Crippen LogP contribution in [0.4, 0.5) is 0 Å². The van der Waals surface area contributed by atoms with Crippen molar-refractivity contribution < 1.29 is 24.2 Å². The second kappa shape index (κ2) is 9.69. The number of esters is 1. The topological polar surface area (TPSA) is 76.1 Å². The minimum absolute atomic E-state index is 0.0199. The van der Waals surface area contributed by atoms with Crippen LogP contribution in [0, 0.1) is 5.92 Å². The van der Waals surface area contributed by atoms with Crippen molar-refractivity contribution in [2.75, 3.05) is 6.61 Å². The molecular formula is C23H28O5. The number of rotatable bonds is 7. The molecule has 5 heteroatoms. The van der Waals surface area contributed by atoms with Crippen LogP contribution in [-0.2, 0) is 19.1 Å². The lowest BCUT2D eigenvalue weighted by Gasteiger charge is -2.36. The number of carbonyl (C=O) groups is 2. The molecular weight excluding hydrogens is 356 g/mol. The SMILES string of the molecule is O=C(O)C=CC=CC=CC=CC(=O)O[C@@H]1CC[C@]2(CO2)[C@H](C2=CCCCC2)C1. The first-order valence-electron chi connectivity index (χ1n) is 10.0. The third kappa shape index (κ3) is 5.80. The summed E-state index contributed by atoms with van der Waals surface area (Å²) in [6.07, 6.45) is 22.1. The molecule has 3 aliphatic rings. The van der Waals surface area contributed by atoms with Gasteiger partial charge in [-0.05, 0) is 44.9 Å². The van der Waals surface area contributed by atoms with Gasteiger partial charge in [-0.2, -0.15) is 0 Å². The molecule has 0 bridgehead atoms. The van der Waals surface area contributed by atoms with Gasteiger partial charge in [0.1, 0.15) is 6.10 Å². The molecule has 0 amide bonds. The predicted octanol–water partition coefficient (Wildman–Crippen LogP) is 4.28. The van der Waals surface area contributed by atoms with Crippen LogP contribution in [0.3, 0.4) is 0 Å². The van der Waals surface area contributed by atoms with Gasteiger partial charge in [-0.1, -0.05) is 48.1 Å². The van der Waals surface area contributed by atoms with Crippen LogP contribution in [-0.4, -0.2) is 35.4 Å². The van der Waals surface area contributed by atoms with E-state index >= 15 is 0 Å². The van der Waals surface area contributed by atoms with Gasteiger partial charge >= 0.3 is 11.9 Å². The molecule has 28 heavy (non-hydrogen) atoms. The number of carboxylic acid groups (broad SMARTS) is 1. The Morgan fingerprint density at radius 3 is 2.46 bits per heavy atom. The number of carbonyl (C=O) groups excluding carboxylic acids is 1. The van der Waals surface area contributed by atoms with Crippen LogP contribution in [0.2, 0.25) is 0 Å². The molecule has 1 aliphatic heterocycles. The Kier molecular flexibility index (Phi) is 7.04. The average molecular weight is 384 g/mol. The maximum Gasteiger partial charge on any atom is 0.331 e. The summed E-state index contributed by atoms with van der Waals surface area (Å²) in [5.41, 5.74) is 1.53. The van der Waals surface area contributed by atoms with Gasteiger partial charge in [-0.15, -0.1) is 0 Å². The molecule has 1 N–H and O–H groups in total. The van der Waals surface area contributed by atoms with Gasteiger partial charge in [-0.3, -0.25) is 0 Å². The van der Waals surface area contributed by atoms with Crippen LogP contribution >= 0.6 is 0 Å². The summed E-state index contributed by atoms with van der Waals surface area (Å²) < 4.78 is 11.5. The van der Waals surface area contributed by atoms with Crippen LogP contribution in [0.5, 0.6) is 0 Å². The highest BCUT2D eigenvalue weighted by Crippen LogP contribution is 2.51. The number of carboxylic acids is 1. The third-order valence-corrected chi connectivity index (χ3v) is 5.62. The summed E-state index contributed by atoms with van der Waals surface area (Å²) in [4.78, 5) is 22.4. The Bertz CT molecular complexity index is 721. The summed E-state index contributed by atoms with van der Waals surface area (Å²) in [6.45, 7) is 0.843. The Balaban J connectivity index is 1.46. The fourth-order valence-corrected chi connectivity index (χ4v) is 4.12. The zero-order chi connectivity index (χ0) is 19.8. The van der Waals surface area contributed by atoms with Gasteiger partial charge in [0.15, 0.2) is 0 Å². The first-order valence-corrected chi connectivity index (χ1v) is 10.0. The highest BCUT2D eigenvalue weighted by atomic mass is 16.6. The number of epoxide rings is 1. The maximum absolute atomic E-state index is 12.1. The van der Waals surface area contributed by atoms with Crippen molar-refractivity contribution in [1.29, 1.82) is 0 Å². The number of hydrogen-bond acceptors (Lipinski definition) is 4. The lowest BCUT2D eigenvalue weighted by Crippen LogP contribution is -2.38. The molecule has 1 spiro atoms. The first-order chi connectivity index (χ1) is 13.6. The minimum Gasteiger partial charge on any atom is -0.478 e. The monoisotopic (exact) mass is 384 g/mol. The van der Waals surface area contributed by atoms with E-state index in [4.69, 9.17) is 14.6 Å². The molecule has 1 heterocycles. The van der Waals surface area contributed by atoms with Crippen molar-refractivity contribution in [3.63, 3.8) is 0 Å². The molecule has 0 unspecified atom stereocenters. The summed E-state index contributed by atoms with van der Waals surface area (Å²) in [7, 11) is 0. The number of aliphatic carboxylic acids is 1. The van der Waals surface area contributed by atoms with Crippen molar-refractivity contribution in [2.45, 2.75) is 56.7 Å². The summed E-state index contributed by atoms with van der Waals surface area (Å²) in [6, 6.07) is 0. The number of hydrogen-bond donors (Lipinski definition) is 1. The normalized spacial score (nSPS) is 30.5. The van der Waals surface area contributed by atoms with E-state index in [1.807, 2.05) is 0 Å². The van der Waals surface area contributed by atoms with E-state index in [-0.39, 0.29) is 17.7 Å². The molecule has 2 fully saturated rings. The Morgan fingerprint density at radius 1 is 1.11 bits per heavy atom. The fourth-order valence-electron chi connectivity index (χ4n) is 4.12. The van der Waals surface area contributed by atoms with Crippen LogP contribution in [0.15, 0.2) is 60.3 Å². The van der Waals surface area contributed by atoms with E-state index in [1.54, 1.807) is 30.4 Å². The van der Waals surface area contributed by atoms with E-state index in [1.165, 1.54) is 30.6 Å². The molecule has 0 aromatic carbocycles. The molecule has 1 saturated carbocycles. The quantitative estimate of drug-likeness (QED) is 0.233. The number of ether oxygens (including phenoxy) is 2. The van der Waals surface area contributed by atoms with Crippen molar-refractivity contribution >= 4 is 11.9 Å². The zero-order valence-corrected chi connectivity index (χ0v) is 16.1. The van der Waals surface area contributed by atoms with Crippen LogP contribution in [0.1, 0.15) is 44.9 Å².